The van der Waals surface area contributed by atoms with Gasteiger partial charge < -0.3 is 19.3 Å². The molecule has 2 aromatic rings. The maximum Gasteiger partial charge on any atom is 0.255 e. The van der Waals surface area contributed by atoms with Gasteiger partial charge in [0.15, 0.2) is 0 Å². The fourth-order valence-corrected chi connectivity index (χ4v) is 4.88. The third kappa shape index (κ3) is 4.66. The first-order valence-electron chi connectivity index (χ1n) is 11.9. The van der Waals surface area contributed by atoms with Crippen LogP contribution in [0.15, 0.2) is 42.5 Å². The molecule has 0 aromatic heterocycles. The van der Waals surface area contributed by atoms with E-state index in [-0.39, 0.29) is 50.3 Å². The molecule has 6 radical (unpaired) electrons. The Morgan fingerprint density at radius 2 is 1.84 bits per heavy atom. The molecule has 0 saturated carbocycles. The Morgan fingerprint density at radius 3 is 2.54 bits per heavy atom. The number of nitrogens with one attached hydrogen (secondary N) is 1. The van der Waals surface area contributed by atoms with Crippen molar-refractivity contribution < 1.29 is 28.7 Å². The fraction of sp³-hybridized carbons (Fsp3) is 0.360. The van der Waals surface area contributed by atoms with Crippen molar-refractivity contribution in [2.24, 2.45) is 0 Å². The molecule has 37 heavy (non-hydrogen) atoms. The highest BCUT2D eigenvalue weighted by atomic mass is 16.5. The van der Waals surface area contributed by atoms with E-state index in [0.717, 1.165) is 0 Å². The molecule has 3 aliphatic rings. The fourth-order valence-electron chi connectivity index (χ4n) is 4.88. The van der Waals surface area contributed by atoms with Gasteiger partial charge in [0.2, 0.25) is 17.7 Å². The van der Waals surface area contributed by atoms with Gasteiger partial charge in [-0.15, -0.1) is 0 Å². The van der Waals surface area contributed by atoms with Crippen molar-refractivity contribution in [1.29, 1.82) is 0 Å². The average Bonchev–Trinajstić information content (AvgIpc) is 3.21. The number of nitrogens with zero attached hydrogens (tertiary/aromatic N) is 2. The first-order chi connectivity index (χ1) is 17.7. The summed E-state index contributed by atoms with van der Waals surface area (Å²) in [6, 6.07) is 10.3. The van der Waals surface area contributed by atoms with Crippen LogP contribution in [-0.4, -0.2) is 82.8 Å². The van der Waals surface area contributed by atoms with Crippen molar-refractivity contribution >= 4 is 47.2 Å². The van der Waals surface area contributed by atoms with Crippen LogP contribution < -0.4 is 10.1 Å². The first-order valence-corrected chi connectivity index (χ1v) is 11.9. The van der Waals surface area contributed by atoms with Crippen LogP contribution in [0.1, 0.15) is 45.9 Å². The molecule has 0 aliphatic carbocycles. The van der Waals surface area contributed by atoms with E-state index in [9.17, 15) is 19.2 Å². The van der Waals surface area contributed by atoms with Crippen molar-refractivity contribution in [3.63, 3.8) is 0 Å². The van der Waals surface area contributed by atoms with Crippen molar-refractivity contribution in [3.05, 3.63) is 64.7 Å². The number of ether oxygens (including phenoxy) is 2. The van der Waals surface area contributed by atoms with E-state index in [0.29, 0.717) is 34.6 Å². The number of carbonyl (C=O) groups is 4. The minimum absolute atomic E-state index is 0.0716. The lowest BCUT2D eigenvalue weighted by molar-refractivity contribution is -0.145. The molecule has 1 N–H and O–H groups in total. The number of hydrogen-bond acceptors (Lipinski definition) is 6. The molecule has 5 rings (SSSR count). The minimum Gasteiger partial charge on any atom is -0.496 e. The Bertz CT molecular complexity index is 1270. The van der Waals surface area contributed by atoms with Crippen molar-refractivity contribution in [2.75, 3.05) is 19.8 Å². The molecule has 2 saturated heterocycles. The summed E-state index contributed by atoms with van der Waals surface area (Å²) in [5.74, 6) is -0.995. The molecule has 9 nitrogen and oxygen atoms in total. The number of piperidine rings is 1. The van der Waals surface area contributed by atoms with Gasteiger partial charge in [-0.25, -0.2) is 0 Å². The Morgan fingerprint density at radius 1 is 1.08 bits per heavy atom. The van der Waals surface area contributed by atoms with Gasteiger partial charge in [-0.3, -0.25) is 24.5 Å². The third-order valence-electron chi connectivity index (χ3n) is 6.93. The summed E-state index contributed by atoms with van der Waals surface area (Å²) < 4.78 is 11.2. The maximum absolute atomic E-state index is 13.0. The Hall–Kier alpha value is -3.53. The highest BCUT2D eigenvalue weighted by Crippen LogP contribution is 2.35. The molecule has 12 heteroatoms. The van der Waals surface area contributed by atoms with Crippen LogP contribution in [0.3, 0.4) is 0 Å². The van der Waals surface area contributed by atoms with Crippen LogP contribution in [0.4, 0.5) is 0 Å². The quantitative estimate of drug-likeness (QED) is 0.449. The normalized spacial score (nSPS) is 21.0. The summed E-state index contributed by atoms with van der Waals surface area (Å²) in [7, 11) is 18.9. The van der Waals surface area contributed by atoms with Gasteiger partial charge in [-0.2, -0.15) is 0 Å². The zero-order chi connectivity index (χ0) is 26.3. The molecular formula is C25H22B3N3O6. The van der Waals surface area contributed by atoms with Gasteiger partial charge in [-0.05, 0) is 35.0 Å². The van der Waals surface area contributed by atoms with Crippen LogP contribution in [0.25, 0.3) is 0 Å². The Kier molecular flexibility index (Phi) is 6.62. The predicted octanol–water partition coefficient (Wildman–Crippen LogP) is -0.000200. The SMILES string of the molecule is [B]C(Oc1cccc2c1CN(C1CCC(=O)NC1=O)C2=O)c1ccc(C([B])([B])N2CCOCC2=O)cc1. The van der Waals surface area contributed by atoms with Crippen LogP contribution >= 0.6 is 0 Å². The Labute approximate surface area is 218 Å². The number of rotatable bonds is 6. The third-order valence-corrected chi connectivity index (χ3v) is 6.93. The summed E-state index contributed by atoms with van der Waals surface area (Å²) in [4.78, 5) is 51.9. The number of hydrogen-bond donors (Lipinski definition) is 1. The summed E-state index contributed by atoms with van der Waals surface area (Å²) in [6.07, 6.45) is 0.444. The molecule has 3 aliphatic heterocycles. The van der Waals surface area contributed by atoms with Gasteiger partial charge in [0.25, 0.3) is 5.91 Å². The van der Waals surface area contributed by atoms with E-state index in [1.807, 2.05) is 0 Å². The number of carbonyl (C=O) groups excluding carboxylic acids is 4. The number of morpholine rings is 1. The van der Waals surface area contributed by atoms with Gasteiger partial charge in [-0.1, -0.05) is 30.3 Å². The van der Waals surface area contributed by atoms with E-state index in [2.05, 4.69) is 5.32 Å². The maximum atomic E-state index is 13.0. The number of amides is 4. The molecular weight excluding hydrogens is 471 g/mol. The first kappa shape index (κ1) is 25.1. The van der Waals surface area contributed by atoms with Crippen molar-refractivity contribution in [1.82, 2.24) is 15.1 Å². The molecule has 3 heterocycles. The van der Waals surface area contributed by atoms with Crippen molar-refractivity contribution in [2.45, 2.75) is 36.8 Å². The van der Waals surface area contributed by atoms with E-state index < -0.39 is 23.3 Å². The topological polar surface area (TPSA) is 105 Å². The van der Waals surface area contributed by atoms with Gasteiger partial charge in [0, 0.05) is 24.1 Å². The van der Waals surface area contributed by atoms with E-state index in [4.69, 9.17) is 33.0 Å². The highest BCUT2D eigenvalue weighted by Gasteiger charge is 2.40. The van der Waals surface area contributed by atoms with Crippen LogP contribution in [-0.2, 0) is 31.0 Å². The summed E-state index contributed by atoms with van der Waals surface area (Å²) in [6.45, 7) is 0.726. The summed E-state index contributed by atoms with van der Waals surface area (Å²) in [5.41, 5.74) is 2.19. The monoisotopic (exact) mass is 493 g/mol. The van der Waals surface area contributed by atoms with Crippen LogP contribution in [0, 0.1) is 0 Å². The van der Waals surface area contributed by atoms with Gasteiger partial charge >= 0.3 is 0 Å². The van der Waals surface area contributed by atoms with Crippen LogP contribution in [0.2, 0.25) is 0 Å². The van der Waals surface area contributed by atoms with Gasteiger partial charge in [0.1, 0.15) is 26.2 Å². The largest absolute Gasteiger partial charge is 0.496 e. The molecule has 0 bridgehead atoms. The van der Waals surface area contributed by atoms with E-state index >= 15 is 0 Å². The van der Waals surface area contributed by atoms with E-state index in [1.54, 1.807) is 42.5 Å². The summed E-state index contributed by atoms with van der Waals surface area (Å²) in [5, 5.41) is 0.782. The second-order valence-corrected chi connectivity index (χ2v) is 9.27. The average molecular weight is 493 g/mol. The molecule has 2 unspecified atom stereocenters. The second-order valence-electron chi connectivity index (χ2n) is 9.27. The summed E-state index contributed by atoms with van der Waals surface area (Å²) >= 11 is 0. The molecule has 182 valence electrons. The molecule has 2 atom stereocenters. The van der Waals surface area contributed by atoms with Gasteiger partial charge in [0.05, 0.1) is 34.8 Å². The molecule has 4 amide bonds. The zero-order valence-electron chi connectivity index (χ0n) is 20.0. The van der Waals surface area contributed by atoms with Crippen LogP contribution in [0.5, 0.6) is 5.75 Å². The number of fused-ring (bicyclic) bond motifs is 1. The molecule has 0 spiro atoms. The predicted molar refractivity (Wildman–Crippen MR) is 134 cm³/mol. The highest BCUT2D eigenvalue weighted by molar-refractivity contribution is 6.40. The molecule has 2 aromatic carbocycles. The minimum atomic E-state index is -1.51. The number of benzene rings is 2. The van der Waals surface area contributed by atoms with Crippen molar-refractivity contribution in [3.8, 4) is 5.75 Å². The molecule has 2 fully saturated rings. The second kappa shape index (κ2) is 9.74. The lowest BCUT2D eigenvalue weighted by Crippen LogP contribution is -2.55. The smallest absolute Gasteiger partial charge is 0.255 e. The zero-order valence-corrected chi connectivity index (χ0v) is 20.0. The lowest BCUT2D eigenvalue weighted by atomic mass is 9.56. The Balaban J connectivity index is 1.31. The number of imide groups is 1. The standard InChI is InChI=1S/C25H22B3N3O6/c26-22(14-4-6-15(7-5-14)25(27,28)31-10-11-36-13-21(31)33)37-19-3-1-2-16-17(19)12-30(24(16)35)18-8-9-20(32)29-23(18)34/h1-7,18,22H,8-13H2,(H,29,32,34). The van der Waals surface area contributed by atoms with E-state index in [1.165, 1.54) is 9.80 Å². The lowest BCUT2D eigenvalue weighted by Gasteiger charge is -2.42.